The summed E-state index contributed by atoms with van der Waals surface area (Å²) < 4.78 is 15.0. The Hall–Kier alpha value is -2.16. The zero-order valence-corrected chi connectivity index (χ0v) is 10.3. The highest BCUT2D eigenvalue weighted by Crippen LogP contribution is 2.25. The van der Waals surface area contributed by atoms with E-state index in [9.17, 15) is 4.39 Å². The van der Waals surface area contributed by atoms with E-state index in [4.69, 9.17) is 0 Å². The average molecular weight is 240 g/mol. The lowest BCUT2D eigenvalue weighted by molar-refractivity contribution is 0.628. The van der Waals surface area contributed by atoms with Crippen LogP contribution in [0.15, 0.2) is 42.6 Å². The van der Waals surface area contributed by atoms with Gasteiger partial charge in [0, 0.05) is 17.5 Å². The molecule has 0 saturated carbocycles. The molecule has 1 aromatic carbocycles. The number of pyridine rings is 1. The largest absolute Gasteiger partial charge is 0.303 e. The minimum Gasteiger partial charge on any atom is -0.303 e. The van der Waals surface area contributed by atoms with E-state index < -0.39 is 0 Å². The topological polar surface area (TPSA) is 17.3 Å². The van der Waals surface area contributed by atoms with Gasteiger partial charge in [-0.1, -0.05) is 6.07 Å². The van der Waals surface area contributed by atoms with Gasteiger partial charge in [0.05, 0.1) is 5.69 Å². The molecule has 3 rings (SSSR count). The van der Waals surface area contributed by atoms with Gasteiger partial charge in [-0.25, -0.2) is 9.37 Å². The van der Waals surface area contributed by atoms with Crippen molar-refractivity contribution < 1.29 is 4.39 Å². The molecule has 0 N–H and O–H groups in total. The lowest BCUT2D eigenvalue weighted by atomic mass is 10.1. The summed E-state index contributed by atoms with van der Waals surface area (Å²) in [6, 6.07) is 10.5. The number of halogens is 1. The Bertz CT molecular complexity index is 711. The van der Waals surface area contributed by atoms with Crippen LogP contribution in [-0.4, -0.2) is 9.38 Å². The summed E-state index contributed by atoms with van der Waals surface area (Å²) in [4.78, 5) is 4.65. The van der Waals surface area contributed by atoms with Crippen molar-refractivity contribution in [1.29, 1.82) is 0 Å². The fraction of sp³-hybridized carbons (Fsp3) is 0.133. The van der Waals surface area contributed by atoms with E-state index in [1.807, 2.05) is 32.2 Å². The Balaban J connectivity index is 2.27. The Morgan fingerprint density at radius 1 is 1.06 bits per heavy atom. The molecule has 0 radical (unpaired) electrons. The molecule has 0 amide bonds. The van der Waals surface area contributed by atoms with Crippen LogP contribution >= 0.6 is 0 Å². The predicted molar refractivity (Wildman–Crippen MR) is 70.1 cm³/mol. The minimum atomic E-state index is -0.226. The number of hydrogen-bond acceptors (Lipinski definition) is 1. The molecule has 0 bridgehead atoms. The van der Waals surface area contributed by atoms with E-state index in [2.05, 4.69) is 9.38 Å². The van der Waals surface area contributed by atoms with Crippen molar-refractivity contribution in [3.63, 3.8) is 0 Å². The number of fused-ring (bicyclic) bond motifs is 1. The molecule has 0 aliphatic rings. The molecule has 0 saturated heterocycles. The maximum atomic E-state index is 12.9. The van der Waals surface area contributed by atoms with Crippen molar-refractivity contribution in [2.75, 3.05) is 0 Å². The smallest absolute Gasteiger partial charge is 0.140 e. The van der Waals surface area contributed by atoms with Crippen LogP contribution in [0.1, 0.15) is 11.3 Å². The van der Waals surface area contributed by atoms with E-state index in [1.165, 1.54) is 12.1 Å². The van der Waals surface area contributed by atoms with Gasteiger partial charge >= 0.3 is 0 Å². The third kappa shape index (κ3) is 1.59. The van der Waals surface area contributed by atoms with Crippen LogP contribution in [0.4, 0.5) is 4.39 Å². The van der Waals surface area contributed by atoms with Crippen LogP contribution in [0.3, 0.4) is 0 Å². The Labute approximate surface area is 105 Å². The van der Waals surface area contributed by atoms with Gasteiger partial charge in [0.15, 0.2) is 0 Å². The van der Waals surface area contributed by atoms with Crippen LogP contribution in [0, 0.1) is 19.7 Å². The van der Waals surface area contributed by atoms with Gasteiger partial charge in [0.25, 0.3) is 0 Å². The number of benzene rings is 1. The maximum absolute atomic E-state index is 12.9. The van der Waals surface area contributed by atoms with Gasteiger partial charge in [-0.3, -0.25) is 0 Å². The van der Waals surface area contributed by atoms with Crippen molar-refractivity contribution in [2.24, 2.45) is 0 Å². The molecule has 2 aromatic heterocycles. The number of aromatic nitrogens is 2. The molecule has 0 spiro atoms. The summed E-state index contributed by atoms with van der Waals surface area (Å²) in [6.07, 6.45) is 2.00. The normalized spacial score (nSPS) is 11.1. The van der Waals surface area contributed by atoms with Crippen LogP contribution in [0.5, 0.6) is 0 Å². The number of aryl methyl sites for hydroxylation is 2. The van der Waals surface area contributed by atoms with Crippen LogP contribution in [0.2, 0.25) is 0 Å². The fourth-order valence-electron chi connectivity index (χ4n) is 2.20. The van der Waals surface area contributed by atoms with E-state index in [0.717, 1.165) is 28.2 Å². The first-order valence-electron chi connectivity index (χ1n) is 5.87. The summed E-state index contributed by atoms with van der Waals surface area (Å²) in [5.41, 5.74) is 5.00. The number of nitrogens with zero attached hydrogens (tertiary/aromatic N) is 2. The zero-order chi connectivity index (χ0) is 12.7. The van der Waals surface area contributed by atoms with Crippen molar-refractivity contribution in [3.8, 4) is 11.3 Å². The first-order chi connectivity index (χ1) is 8.66. The second kappa shape index (κ2) is 3.95. The first-order valence-corrected chi connectivity index (χ1v) is 5.87. The molecule has 2 nitrogen and oxygen atoms in total. The van der Waals surface area contributed by atoms with E-state index >= 15 is 0 Å². The molecule has 0 atom stereocenters. The lowest BCUT2D eigenvalue weighted by Crippen LogP contribution is -1.88. The zero-order valence-electron chi connectivity index (χ0n) is 10.3. The lowest BCUT2D eigenvalue weighted by Gasteiger charge is -1.99. The molecule has 3 aromatic rings. The number of rotatable bonds is 1. The monoisotopic (exact) mass is 240 g/mol. The second-order valence-corrected chi connectivity index (χ2v) is 4.44. The highest BCUT2D eigenvalue weighted by atomic mass is 19.1. The van der Waals surface area contributed by atoms with E-state index in [-0.39, 0.29) is 5.82 Å². The highest BCUT2D eigenvalue weighted by molar-refractivity contribution is 5.67. The quantitative estimate of drug-likeness (QED) is 0.633. The maximum Gasteiger partial charge on any atom is 0.140 e. The number of imidazole rings is 1. The Morgan fingerprint density at radius 3 is 2.44 bits per heavy atom. The van der Waals surface area contributed by atoms with Gasteiger partial charge in [0.2, 0.25) is 0 Å². The SMILES string of the molecule is Cc1cccn2c(C)c(-c3ccc(F)cc3)nc12. The summed E-state index contributed by atoms with van der Waals surface area (Å²) in [6.45, 7) is 4.06. The average Bonchev–Trinajstić information content (AvgIpc) is 2.70. The van der Waals surface area contributed by atoms with Gasteiger partial charge in [0.1, 0.15) is 11.5 Å². The molecule has 2 heterocycles. The molecule has 18 heavy (non-hydrogen) atoms. The first kappa shape index (κ1) is 11.0. The van der Waals surface area contributed by atoms with Crippen molar-refractivity contribution in [3.05, 3.63) is 59.7 Å². The summed E-state index contributed by atoms with van der Waals surface area (Å²) in [7, 11) is 0. The van der Waals surface area contributed by atoms with Gasteiger partial charge in [-0.05, 0) is 49.7 Å². The molecular weight excluding hydrogens is 227 g/mol. The van der Waals surface area contributed by atoms with Crippen LogP contribution in [-0.2, 0) is 0 Å². The van der Waals surface area contributed by atoms with Crippen LogP contribution in [0.25, 0.3) is 16.9 Å². The second-order valence-electron chi connectivity index (χ2n) is 4.44. The minimum absolute atomic E-state index is 0.226. The standard InChI is InChI=1S/C15H13FN2/c1-10-4-3-9-18-11(2)14(17-15(10)18)12-5-7-13(16)8-6-12/h3-9H,1-2H3. The van der Waals surface area contributed by atoms with Gasteiger partial charge in [-0.2, -0.15) is 0 Å². The summed E-state index contributed by atoms with van der Waals surface area (Å²) in [5, 5.41) is 0. The Kier molecular flexibility index (Phi) is 2.40. The molecule has 90 valence electrons. The number of hydrogen-bond donors (Lipinski definition) is 0. The summed E-state index contributed by atoms with van der Waals surface area (Å²) in [5.74, 6) is -0.226. The molecule has 0 aliphatic carbocycles. The molecule has 3 heteroatoms. The molecule has 0 aliphatic heterocycles. The van der Waals surface area contributed by atoms with Gasteiger partial charge < -0.3 is 4.40 Å². The van der Waals surface area contributed by atoms with Crippen LogP contribution < -0.4 is 0 Å². The van der Waals surface area contributed by atoms with Crippen molar-refractivity contribution >= 4 is 5.65 Å². The Morgan fingerprint density at radius 2 is 1.78 bits per heavy atom. The van der Waals surface area contributed by atoms with E-state index in [1.54, 1.807) is 12.1 Å². The van der Waals surface area contributed by atoms with E-state index in [0.29, 0.717) is 0 Å². The van der Waals surface area contributed by atoms with Crippen molar-refractivity contribution in [1.82, 2.24) is 9.38 Å². The van der Waals surface area contributed by atoms with Crippen molar-refractivity contribution in [2.45, 2.75) is 13.8 Å². The molecule has 0 fully saturated rings. The highest BCUT2D eigenvalue weighted by Gasteiger charge is 2.11. The van der Waals surface area contributed by atoms with Gasteiger partial charge in [-0.15, -0.1) is 0 Å². The molecular formula is C15H13FN2. The third-order valence-electron chi connectivity index (χ3n) is 3.20. The summed E-state index contributed by atoms with van der Waals surface area (Å²) >= 11 is 0. The molecule has 0 unspecified atom stereocenters. The predicted octanol–water partition coefficient (Wildman–Crippen LogP) is 3.76. The third-order valence-corrected chi connectivity index (χ3v) is 3.20. The fourth-order valence-corrected chi connectivity index (χ4v) is 2.20.